The maximum Gasteiger partial charge on any atom is 0.0897 e. The Hall–Kier alpha value is -2.18. The van der Waals surface area contributed by atoms with Crippen molar-refractivity contribution in [2.45, 2.75) is 18.6 Å². The Bertz CT molecular complexity index is 808. The van der Waals surface area contributed by atoms with Crippen LogP contribution in [0.5, 0.6) is 0 Å². The van der Waals surface area contributed by atoms with E-state index in [1.807, 2.05) is 19.4 Å². The fraction of sp³-hybridized carbons (Fsp3) is 0.412. The molecule has 0 amide bonds. The highest BCUT2D eigenvalue weighted by Crippen LogP contribution is 2.30. The Kier molecular flexibility index (Phi) is 3.63. The standard InChI is InChI=1S/C17H21N5O/c1-21-10-15(19-20-21)14-9-22(11-16(14)23-2)8-13-5-3-4-12-6-7-18-17(12)13/h3-7,10,14,16,18H,8-9,11H2,1-2H3/t14-,16+/m0/s1. The molecule has 0 aliphatic carbocycles. The topological polar surface area (TPSA) is 59.0 Å². The first-order chi connectivity index (χ1) is 11.2. The fourth-order valence-electron chi connectivity index (χ4n) is 3.56. The maximum absolute atomic E-state index is 5.70. The van der Waals surface area contributed by atoms with Gasteiger partial charge in [0, 0.05) is 57.6 Å². The number of H-pyrrole nitrogens is 1. The van der Waals surface area contributed by atoms with Crippen LogP contribution in [-0.2, 0) is 18.3 Å². The molecule has 3 heterocycles. The van der Waals surface area contributed by atoms with Gasteiger partial charge in [-0.15, -0.1) is 5.10 Å². The summed E-state index contributed by atoms with van der Waals surface area (Å²) < 4.78 is 7.46. The third kappa shape index (κ3) is 2.64. The van der Waals surface area contributed by atoms with Crippen molar-refractivity contribution in [3.05, 3.63) is 47.9 Å². The summed E-state index contributed by atoms with van der Waals surface area (Å²) >= 11 is 0. The molecule has 0 unspecified atom stereocenters. The van der Waals surface area contributed by atoms with Gasteiger partial charge in [0.2, 0.25) is 0 Å². The minimum atomic E-state index is 0.162. The van der Waals surface area contributed by atoms with Crippen LogP contribution in [0.1, 0.15) is 17.2 Å². The molecule has 120 valence electrons. The molecule has 0 radical (unpaired) electrons. The molecule has 3 aromatic rings. The lowest BCUT2D eigenvalue weighted by molar-refractivity contribution is 0.0958. The summed E-state index contributed by atoms with van der Waals surface area (Å²) in [5.41, 5.74) is 3.56. The Morgan fingerprint density at radius 3 is 3.00 bits per heavy atom. The average molecular weight is 311 g/mol. The van der Waals surface area contributed by atoms with E-state index < -0.39 is 0 Å². The summed E-state index contributed by atoms with van der Waals surface area (Å²) in [6, 6.07) is 8.56. The SMILES string of the molecule is CO[C@@H]1CN(Cc2cccc3cc[nH]c23)C[C@H]1c1cn(C)nn1. The Morgan fingerprint density at radius 1 is 1.30 bits per heavy atom. The Labute approximate surface area is 135 Å². The first kappa shape index (κ1) is 14.4. The average Bonchev–Trinajstić information content (AvgIpc) is 3.26. The fourth-order valence-corrected chi connectivity index (χ4v) is 3.56. The van der Waals surface area contributed by atoms with Gasteiger partial charge in [-0.25, -0.2) is 0 Å². The summed E-state index contributed by atoms with van der Waals surface area (Å²) in [6.45, 7) is 2.76. The normalized spacial score (nSPS) is 22.2. The van der Waals surface area contributed by atoms with Gasteiger partial charge in [0.1, 0.15) is 0 Å². The highest BCUT2D eigenvalue weighted by Gasteiger charge is 2.35. The molecule has 2 aromatic heterocycles. The zero-order chi connectivity index (χ0) is 15.8. The molecular weight excluding hydrogens is 290 g/mol. The molecule has 1 fully saturated rings. The third-order valence-electron chi connectivity index (χ3n) is 4.71. The Morgan fingerprint density at radius 2 is 2.22 bits per heavy atom. The number of nitrogens with one attached hydrogen (secondary N) is 1. The van der Waals surface area contributed by atoms with Gasteiger partial charge in [0.15, 0.2) is 0 Å². The van der Waals surface area contributed by atoms with Gasteiger partial charge in [-0.2, -0.15) is 0 Å². The summed E-state index contributed by atoms with van der Waals surface area (Å²) in [6.07, 6.45) is 4.15. The molecule has 1 N–H and O–H groups in total. The van der Waals surface area contributed by atoms with Crippen molar-refractivity contribution in [3.63, 3.8) is 0 Å². The van der Waals surface area contributed by atoms with Gasteiger partial charge in [0.05, 0.1) is 11.8 Å². The van der Waals surface area contributed by atoms with E-state index in [1.54, 1.807) is 11.8 Å². The van der Waals surface area contributed by atoms with E-state index >= 15 is 0 Å². The van der Waals surface area contributed by atoms with Gasteiger partial charge in [-0.1, -0.05) is 23.4 Å². The number of hydrogen-bond acceptors (Lipinski definition) is 4. The van der Waals surface area contributed by atoms with Crippen LogP contribution in [0.15, 0.2) is 36.7 Å². The van der Waals surface area contributed by atoms with E-state index in [4.69, 9.17) is 4.74 Å². The lowest BCUT2D eigenvalue weighted by Crippen LogP contribution is -2.22. The van der Waals surface area contributed by atoms with Crippen LogP contribution >= 0.6 is 0 Å². The smallest absolute Gasteiger partial charge is 0.0897 e. The first-order valence-electron chi connectivity index (χ1n) is 7.91. The van der Waals surface area contributed by atoms with E-state index in [-0.39, 0.29) is 12.0 Å². The van der Waals surface area contributed by atoms with E-state index in [2.05, 4.69) is 44.5 Å². The number of hydrogen-bond donors (Lipinski definition) is 1. The molecule has 0 spiro atoms. The number of aryl methyl sites for hydroxylation is 1. The molecule has 1 aliphatic heterocycles. The van der Waals surface area contributed by atoms with Crippen molar-refractivity contribution < 1.29 is 4.74 Å². The van der Waals surface area contributed by atoms with Crippen molar-refractivity contribution in [2.75, 3.05) is 20.2 Å². The summed E-state index contributed by atoms with van der Waals surface area (Å²) in [7, 11) is 3.68. The van der Waals surface area contributed by atoms with Crippen LogP contribution in [0.3, 0.4) is 0 Å². The first-order valence-corrected chi connectivity index (χ1v) is 7.91. The van der Waals surface area contributed by atoms with Crippen molar-refractivity contribution in [1.82, 2.24) is 24.9 Å². The van der Waals surface area contributed by atoms with Gasteiger partial charge in [-0.3, -0.25) is 9.58 Å². The second-order valence-corrected chi connectivity index (χ2v) is 6.25. The maximum atomic E-state index is 5.70. The van der Waals surface area contributed by atoms with Crippen LogP contribution in [0.25, 0.3) is 10.9 Å². The highest BCUT2D eigenvalue weighted by molar-refractivity contribution is 5.82. The molecule has 1 aromatic carbocycles. The number of fused-ring (bicyclic) bond motifs is 1. The van der Waals surface area contributed by atoms with Crippen molar-refractivity contribution in [3.8, 4) is 0 Å². The number of ether oxygens (including phenoxy) is 1. The zero-order valence-corrected chi connectivity index (χ0v) is 13.4. The molecule has 6 heteroatoms. The molecule has 0 bridgehead atoms. The number of aromatic nitrogens is 4. The number of methoxy groups -OCH3 is 1. The number of aromatic amines is 1. The number of rotatable bonds is 4. The molecule has 4 rings (SSSR count). The molecule has 2 atom stereocenters. The number of benzene rings is 1. The summed E-state index contributed by atoms with van der Waals surface area (Å²) in [5.74, 6) is 0.275. The zero-order valence-electron chi connectivity index (χ0n) is 13.4. The second kappa shape index (κ2) is 5.79. The Balaban J connectivity index is 1.55. The van der Waals surface area contributed by atoms with Gasteiger partial charge >= 0.3 is 0 Å². The predicted molar refractivity (Wildman–Crippen MR) is 88.1 cm³/mol. The van der Waals surface area contributed by atoms with Gasteiger partial charge in [0.25, 0.3) is 0 Å². The second-order valence-electron chi connectivity index (χ2n) is 6.25. The molecule has 6 nitrogen and oxygen atoms in total. The number of likely N-dealkylation sites (tertiary alicyclic amines) is 1. The molecular formula is C17H21N5O. The van der Waals surface area contributed by atoms with E-state index in [0.29, 0.717) is 0 Å². The molecule has 23 heavy (non-hydrogen) atoms. The molecule has 1 aliphatic rings. The van der Waals surface area contributed by atoms with Crippen molar-refractivity contribution in [1.29, 1.82) is 0 Å². The minimum absolute atomic E-state index is 0.162. The number of nitrogens with zero attached hydrogens (tertiary/aromatic N) is 4. The highest BCUT2D eigenvalue weighted by atomic mass is 16.5. The van der Waals surface area contributed by atoms with Crippen LogP contribution in [0.4, 0.5) is 0 Å². The summed E-state index contributed by atoms with van der Waals surface area (Å²) in [5, 5.41) is 9.60. The summed E-state index contributed by atoms with van der Waals surface area (Å²) in [4.78, 5) is 5.78. The van der Waals surface area contributed by atoms with Gasteiger partial charge in [-0.05, 0) is 17.0 Å². The van der Waals surface area contributed by atoms with E-state index in [1.165, 1.54) is 16.5 Å². The quantitative estimate of drug-likeness (QED) is 0.799. The van der Waals surface area contributed by atoms with Gasteiger partial charge < -0.3 is 9.72 Å². The van der Waals surface area contributed by atoms with Crippen LogP contribution < -0.4 is 0 Å². The largest absolute Gasteiger partial charge is 0.379 e. The predicted octanol–water partition coefficient (Wildman–Crippen LogP) is 1.91. The monoisotopic (exact) mass is 311 g/mol. The van der Waals surface area contributed by atoms with Crippen molar-refractivity contribution >= 4 is 10.9 Å². The minimum Gasteiger partial charge on any atom is -0.379 e. The molecule has 1 saturated heterocycles. The lowest BCUT2D eigenvalue weighted by atomic mass is 10.0. The van der Waals surface area contributed by atoms with Crippen molar-refractivity contribution in [2.24, 2.45) is 7.05 Å². The van der Waals surface area contributed by atoms with Crippen LogP contribution in [-0.4, -0.2) is 51.2 Å². The van der Waals surface area contributed by atoms with Crippen LogP contribution in [0.2, 0.25) is 0 Å². The van der Waals surface area contributed by atoms with E-state index in [0.717, 1.165) is 25.3 Å². The third-order valence-corrected chi connectivity index (χ3v) is 4.71. The number of para-hydroxylation sites is 1. The van der Waals surface area contributed by atoms with E-state index in [9.17, 15) is 0 Å². The van der Waals surface area contributed by atoms with Crippen LogP contribution in [0, 0.1) is 0 Å². The molecule has 0 saturated carbocycles. The lowest BCUT2D eigenvalue weighted by Gasteiger charge is -2.16.